The highest BCUT2D eigenvalue weighted by atomic mass is 16.2. The summed E-state index contributed by atoms with van der Waals surface area (Å²) in [6.45, 7) is 3.27. The highest BCUT2D eigenvalue weighted by Crippen LogP contribution is 2.20. The van der Waals surface area contributed by atoms with Crippen LogP contribution in [0.3, 0.4) is 0 Å². The molecule has 1 unspecified atom stereocenters. The lowest BCUT2D eigenvalue weighted by Crippen LogP contribution is -2.41. The van der Waals surface area contributed by atoms with Crippen LogP contribution >= 0.6 is 0 Å². The molecule has 0 spiro atoms. The zero-order valence-electron chi connectivity index (χ0n) is 16.7. The molecule has 4 heterocycles. The van der Waals surface area contributed by atoms with Crippen molar-refractivity contribution in [1.29, 1.82) is 0 Å². The Morgan fingerprint density at radius 1 is 1.31 bits per heavy atom. The number of pyridine rings is 1. The van der Waals surface area contributed by atoms with Crippen LogP contribution in [-0.4, -0.2) is 54.8 Å². The Morgan fingerprint density at radius 2 is 2.24 bits per heavy atom. The van der Waals surface area contributed by atoms with Crippen LogP contribution in [0.5, 0.6) is 0 Å². The molecule has 1 aliphatic heterocycles. The number of carbonyl (C=O) groups is 1. The molecule has 3 aromatic rings. The molecule has 0 bridgehead atoms. The number of likely N-dealkylation sites (tertiary alicyclic amines) is 1. The van der Waals surface area contributed by atoms with Gasteiger partial charge in [-0.05, 0) is 42.9 Å². The summed E-state index contributed by atoms with van der Waals surface area (Å²) in [5, 5.41) is 7.47. The zero-order chi connectivity index (χ0) is 20.1. The minimum atomic E-state index is 0.0646. The Hall–Kier alpha value is -3.16. The van der Waals surface area contributed by atoms with E-state index in [1.54, 1.807) is 17.1 Å². The van der Waals surface area contributed by atoms with Crippen LogP contribution in [0.1, 0.15) is 28.8 Å². The first-order valence-electron chi connectivity index (χ1n) is 10.1. The number of imidazole rings is 1. The number of piperidine rings is 1. The van der Waals surface area contributed by atoms with Gasteiger partial charge in [-0.25, -0.2) is 9.97 Å². The van der Waals surface area contributed by atoms with Gasteiger partial charge in [0.25, 0.3) is 5.91 Å². The molecule has 152 valence electrons. The van der Waals surface area contributed by atoms with Gasteiger partial charge in [-0.15, -0.1) is 0 Å². The van der Waals surface area contributed by atoms with Gasteiger partial charge in [0.05, 0.1) is 18.1 Å². The number of carbonyl (C=O) groups excluding carboxylic acids is 1. The third kappa shape index (κ3) is 5.01. The van der Waals surface area contributed by atoms with Crippen molar-refractivity contribution in [1.82, 2.24) is 29.2 Å². The predicted octanol–water partition coefficient (Wildman–Crippen LogP) is 2.22. The summed E-state index contributed by atoms with van der Waals surface area (Å²) >= 11 is 0. The molecule has 1 atom stereocenters. The van der Waals surface area contributed by atoms with Gasteiger partial charge in [-0.1, -0.05) is 0 Å². The maximum absolute atomic E-state index is 12.9. The largest absolute Gasteiger partial charge is 0.370 e. The van der Waals surface area contributed by atoms with Crippen LogP contribution in [0, 0.1) is 5.92 Å². The second kappa shape index (κ2) is 8.89. The zero-order valence-corrected chi connectivity index (χ0v) is 16.7. The van der Waals surface area contributed by atoms with Gasteiger partial charge < -0.3 is 14.8 Å². The van der Waals surface area contributed by atoms with Crippen molar-refractivity contribution >= 4 is 11.7 Å². The van der Waals surface area contributed by atoms with E-state index in [0.29, 0.717) is 11.5 Å². The number of rotatable bonds is 7. The lowest BCUT2D eigenvalue weighted by molar-refractivity contribution is 0.0662. The van der Waals surface area contributed by atoms with Gasteiger partial charge in [0.2, 0.25) is 0 Å². The van der Waals surface area contributed by atoms with Gasteiger partial charge in [0.15, 0.2) is 0 Å². The lowest BCUT2D eigenvalue weighted by Gasteiger charge is -2.33. The SMILES string of the molecule is Cn1cc(CCNc2ccc(C(=O)N3CCCC(Cn4ccnc4)C3)cn2)cn1. The summed E-state index contributed by atoms with van der Waals surface area (Å²) < 4.78 is 3.89. The first kappa shape index (κ1) is 19.2. The van der Waals surface area contributed by atoms with Crippen LogP contribution in [-0.2, 0) is 20.0 Å². The fraction of sp³-hybridized carbons (Fsp3) is 0.429. The van der Waals surface area contributed by atoms with E-state index in [1.807, 2.05) is 49.0 Å². The molecule has 0 aliphatic carbocycles. The summed E-state index contributed by atoms with van der Waals surface area (Å²) in [7, 11) is 1.91. The Morgan fingerprint density at radius 3 is 2.97 bits per heavy atom. The molecule has 1 amide bonds. The van der Waals surface area contributed by atoms with Crippen molar-refractivity contribution < 1.29 is 4.79 Å². The summed E-state index contributed by atoms with van der Waals surface area (Å²) in [5.41, 5.74) is 1.83. The normalized spacial score (nSPS) is 16.7. The van der Waals surface area contributed by atoms with E-state index in [2.05, 4.69) is 25.0 Å². The third-order valence-electron chi connectivity index (χ3n) is 5.32. The number of aryl methyl sites for hydroxylation is 1. The second-order valence-electron chi connectivity index (χ2n) is 7.65. The molecule has 0 saturated carbocycles. The maximum atomic E-state index is 12.9. The van der Waals surface area contributed by atoms with Crippen molar-refractivity contribution in [3.05, 3.63) is 60.6 Å². The van der Waals surface area contributed by atoms with Gasteiger partial charge in [-0.3, -0.25) is 9.48 Å². The van der Waals surface area contributed by atoms with Crippen molar-refractivity contribution in [2.45, 2.75) is 25.8 Å². The van der Waals surface area contributed by atoms with Gasteiger partial charge in [-0.2, -0.15) is 5.10 Å². The van der Waals surface area contributed by atoms with Crippen LogP contribution in [0.25, 0.3) is 0 Å². The topological polar surface area (TPSA) is 80.9 Å². The van der Waals surface area contributed by atoms with E-state index in [4.69, 9.17) is 0 Å². The van der Waals surface area contributed by atoms with Crippen LogP contribution < -0.4 is 5.32 Å². The summed E-state index contributed by atoms with van der Waals surface area (Å²) in [4.78, 5) is 23.4. The van der Waals surface area contributed by atoms with E-state index in [1.165, 1.54) is 5.56 Å². The maximum Gasteiger partial charge on any atom is 0.255 e. The van der Waals surface area contributed by atoms with E-state index >= 15 is 0 Å². The number of hydrogen-bond acceptors (Lipinski definition) is 5. The fourth-order valence-corrected chi connectivity index (χ4v) is 3.83. The summed E-state index contributed by atoms with van der Waals surface area (Å²) in [6.07, 6.45) is 14.2. The van der Waals surface area contributed by atoms with Gasteiger partial charge >= 0.3 is 0 Å². The number of amides is 1. The Balaban J connectivity index is 1.29. The van der Waals surface area contributed by atoms with Gasteiger partial charge in [0, 0.05) is 58.0 Å². The molecule has 1 aliphatic rings. The minimum Gasteiger partial charge on any atom is -0.370 e. The van der Waals surface area contributed by atoms with Crippen molar-refractivity contribution in [3.8, 4) is 0 Å². The number of aromatic nitrogens is 5. The molecule has 0 aromatic carbocycles. The molecule has 4 rings (SSSR count). The third-order valence-corrected chi connectivity index (χ3v) is 5.32. The molecule has 0 radical (unpaired) electrons. The average Bonchev–Trinajstić information content (AvgIpc) is 3.40. The van der Waals surface area contributed by atoms with E-state index in [9.17, 15) is 4.79 Å². The Kier molecular flexibility index (Phi) is 5.88. The molecule has 1 N–H and O–H groups in total. The molecular formula is C21H27N7O. The second-order valence-corrected chi connectivity index (χ2v) is 7.65. The molecule has 29 heavy (non-hydrogen) atoms. The van der Waals surface area contributed by atoms with Crippen molar-refractivity contribution in [2.24, 2.45) is 13.0 Å². The van der Waals surface area contributed by atoms with E-state index < -0.39 is 0 Å². The molecule has 1 fully saturated rings. The van der Waals surface area contributed by atoms with Crippen LogP contribution in [0.4, 0.5) is 5.82 Å². The quantitative estimate of drug-likeness (QED) is 0.666. The smallest absolute Gasteiger partial charge is 0.255 e. The number of nitrogens with zero attached hydrogens (tertiary/aromatic N) is 6. The Bertz CT molecular complexity index is 917. The van der Waals surface area contributed by atoms with Crippen molar-refractivity contribution in [2.75, 3.05) is 25.0 Å². The highest BCUT2D eigenvalue weighted by Gasteiger charge is 2.24. The standard InChI is InChI=1S/C21H27N7O/c1-26-13-17(11-25-26)6-7-23-20-5-4-19(12-24-20)21(29)28-9-2-3-18(15-28)14-27-10-8-22-16-27/h4-5,8,10-13,16,18H,2-3,6-7,9,14-15H2,1H3,(H,23,24). The summed E-state index contributed by atoms with van der Waals surface area (Å²) in [5.74, 6) is 1.31. The van der Waals surface area contributed by atoms with E-state index in [-0.39, 0.29) is 5.91 Å². The van der Waals surface area contributed by atoms with E-state index in [0.717, 1.165) is 51.3 Å². The number of nitrogens with one attached hydrogen (secondary N) is 1. The molecule has 3 aromatic heterocycles. The van der Waals surface area contributed by atoms with Crippen LogP contribution in [0.2, 0.25) is 0 Å². The first-order valence-corrected chi connectivity index (χ1v) is 10.1. The molecule has 8 nitrogen and oxygen atoms in total. The molecule has 8 heteroatoms. The van der Waals surface area contributed by atoms with Crippen molar-refractivity contribution in [3.63, 3.8) is 0 Å². The Labute approximate surface area is 170 Å². The lowest BCUT2D eigenvalue weighted by atomic mass is 9.97. The number of hydrogen-bond donors (Lipinski definition) is 1. The monoisotopic (exact) mass is 393 g/mol. The number of anilines is 1. The first-order chi connectivity index (χ1) is 14.2. The van der Waals surface area contributed by atoms with Crippen LogP contribution in [0.15, 0.2) is 49.4 Å². The molecular weight excluding hydrogens is 366 g/mol. The minimum absolute atomic E-state index is 0.0646. The predicted molar refractivity (Wildman–Crippen MR) is 110 cm³/mol. The molecule has 1 saturated heterocycles. The fourth-order valence-electron chi connectivity index (χ4n) is 3.83. The average molecular weight is 393 g/mol. The van der Waals surface area contributed by atoms with Gasteiger partial charge in [0.1, 0.15) is 5.82 Å². The summed E-state index contributed by atoms with van der Waals surface area (Å²) in [6, 6.07) is 3.74. The highest BCUT2D eigenvalue weighted by molar-refractivity contribution is 5.94.